The van der Waals surface area contributed by atoms with Crippen LogP contribution in [-0.2, 0) is 5.33 Å². The molecule has 0 aliphatic heterocycles. The van der Waals surface area contributed by atoms with Gasteiger partial charge in [-0.15, -0.1) is 0 Å². The van der Waals surface area contributed by atoms with E-state index < -0.39 is 5.82 Å². The Balaban J connectivity index is 2.85. The summed E-state index contributed by atoms with van der Waals surface area (Å²) in [6, 6.07) is 3.06. The first-order valence-corrected chi connectivity index (χ1v) is 5.79. The number of benzene rings is 1. The van der Waals surface area contributed by atoms with Crippen LogP contribution in [0.1, 0.15) is 5.69 Å². The van der Waals surface area contributed by atoms with Gasteiger partial charge in [-0.25, -0.2) is 4.39 Å². The van der Waals surface area contributed by atoms with Crippen LogP contribution >= 0.6 is 39.1 Å². The van der Waals surface area contributed by atoms with Crippen molar-refractivity contribution < 1.29 is 4.39 Å². The monoisotopic (exact) mass is 279 g/mol. The van der Waals surface area contributed by atoms with Crippen molar-refractivity contribution in [2.24, 2.45) is 0 Å². The third kappa shape index (κ3) is 1.47. The van der Waals surface area contributed by atoms with Gasteiger partial charge in [-0.3, -0.25) is 0 Å². The van der Waals surface area contributed by atoms with E-state index in [0.29, 0.717) is 5.33 Å². The van der Waals surface area contributed by atoms with Crippen LogP contribution in [0.3, 0.4) is 0 Å². The molecule has 0 bridgehead atoms. The minimum absolute atomic E-state index is 0.167. The summed E-state index contributed by atoms with van der Waals surface area (Å²) in [5.74, 6) is -0.392. The molecular formula is C8H4BrClFNS. The van der Waals surface area contributed by atoms with E-state index in [9.17, 15) is 4.39 Å². The Bertz CT molecular complexity index is 457. The number of hydrogen-bond donors (Lipinski definition) is 0. The molecule has 0 radical (unpaired) electrons. The molecule has 0 aliphatic rings. The quantitative estimate of drug-likeness (QED) is 0.720. The molecule has 1 aromatic carbocycles. The number of hydrogen-bond acceptors (Lipinski definition) is 2. The fraction of sp³-hybridized carbons (Fsp3) is 0.125. The van der Waals surface area contributed by atoms with E-state index in [1.165, 1.54) is 17.6 Å². The maximum atomic E-state index is 13.1. The number of nitrogens with zero attached hydrogens (tertiary/aromatic N) is 1. The molecule has 0 atom stereocenters. The second-order valence-electron chi connectivity index (χ2n) is 2.50. The van der Waals surface area contributed by atoms with Crippen molar-refractivity contribution in [2.45, 2.75) is 5.33 Å². The second kappa shape index (κ2) is 3.52. The van der Waals surface area contributed by atoms with Crippen LogP contribution in [0.2, 0.25) is 5.02 Å². The van der Waals surface area contributed by atoms with Gasteiger partial charge in [0.1, 0.15) is 5.82 Å². The molecule has 0 aliphatic carbocycles. The summed E-state index contributed by atoms with van der Waals surface area (Å²) in [6.07, 6.45) is 0. The largest absolute Gasteiger partial charge is 0.205 e. The van der Waals surface area contributed by atoms with Crippen molar-refractivity contribution in [3.8, 4) is 0 Å². The summed E-state index contributed by atoms with van der Waals surface area (Å²) in [7, 11) is 0. The van der Waals surface area contributed by atoms with Crippen molar-refractivity contribution in [1.82, 2.24) is 4.37 Å². The fourth-order valence-electron chi connectivity index (χ4n) is 1.12. The number of halogens is 3. The van der Waals surface area contributed by atoms with Crippen LogP contribution in [0, 0.1) is 5.82 Å². The van der Waals surface area contributed by atoms with Gasteiger partial charge in [0, 0.05) is 10.7 Å². The average molecular weight is 281 g/mol. The third-order valence-electron chi connectivity index (χ3n) is 1.73. The Morgan fingerprint density at radius 2 is 2.31 bits per heavy atom. The summed E-state index contributed by atoms with van der Waals surface area (Å²) in [4.78, 5) is 0. The molecule has 0 N–H and O–H groups in total. The molecule has 5 heteroatoms. The van der Waals surface area contributed by atoms with E-state index in [1.54, 1.807) is 6.07 Å². The van der Waals surface area contributed by atoms with E-state index in [4.69, 9.17) is 11.6 Å². The van der Waals surface area contributed by atoms with E-state index in [2.05, 4.69) is 20.3 Å². The van der Waals surface area contributed by atoms with Gasteiger partial charge in [0.15, 0.2) is 0 Å². The molecule has 2 rings (SSSR count). The predicted octanol–water partition coefficient (Wildman–Crippen LogP) is 3.98. The molecular weight excluding hydrogens is 277 g/mol. The number of alkyl halides is 1. The van der Waals surface area contributed by atoms with Gasteiger partial charge in [0.2, 0.25) is 0 Å². The van der Waals surface area contributed by atoms with Crippen LogP contribution < -0.4 is 0 Å². The number of rotatable bonds is 1. The van der Waals surface area contributed by atoms with Crippen LogP contribution in [0.15, 0.2) is 12.1 Å². The smallest absolute Gasteiger partial charge is 0.142 e. The topological polar surface area (TPSA) is 12.9 Å². The zero-order chi connectivity index (χ0) is 9.42. The summed E-state index contributed by atoms with van der Waals surface area (Å²) in [5.41, 5.74) is 0.796. The molecule has 0 unspecified atom stereocenters. The van der Waals surface area contributed by atoms with Crippen LogP contribution in [0.5, 0.6) is 0 Å². The molecule has 68 valence electrons. The SMILES string of the molecule is Fc1ccc2snc(CBr)c2c1Cl. The van der Waals surface area contributed by atoms with Crippen LogP contribution in [-0.4, -0.2) is 4.37 Å². The molecule has 0 saturated heterocycles. The highest BCUT2D eigenvalue weighted by Crippen LogP contribution is 2.32. The zero-order valence-corrected chi connectivity index (χ0v) is 9.51. The van der Waals surface area contributed by atoms with E-state index >= 15 is 0 Å². The van der Waals surface area contributed by atoms with Crippen molar-refractivity contribution in [3.63, 3.8) is 0 Å². The van der Waals surface area contributed by atoms with E-state index in [0.717, 1.165) is 15.8 Å². The lowest BCUT2D eigenvalue weighted by molar-refractivity contribution is 0.630. The first kappa shape index (κ1) is 9.37. The summed E-state index contributed by atoms with van der Waals surface area (Å²) in [6.45, 7) is 0. The predicted molar refractivity (Wildman–Crippen MR) is 57.2 cm³/mol. The summed E-state index contributed by atoms with van der Waals surface area (Å²) in [5, 5.41) is 1.49. The normalized spacial score (nSPS) is 11.0. The lowest BCUT2D eigenvalue weighted by Crippen LogP contribution is -1.81. The Kier molecular flexibility index (Phi) is 2.53. The molecule has 1 aromatic heterocycles. The Hall–Kier alpha value is -0.190. The number of fused-ring (bicyclic) bond motifs is 1. The molecule has 1 heterocycles. The lowest BCUT2D eigenvalue weighted by atomic mass is 10.2. The highest BCUT2D eigenvalue weighted by Gasteiger charge is 2.11. The zero-order valence-electron chi connectivity index (χ0n) is 6.35. The van der Waals surface area contributed by atoms with Crippen molar-refractivity contribution in [2.75, 3.05) is 0 Å². The first-order chi connectivity index (χ1) is 6.24. The Morgan fingerprint density at radius 3 is 3.00 bits per heavy atom. The maximum absolute atomic E-state index is 13.1. The van der Waals surface area contributed by atoms with Gasteiger partial charge in [-0.1, -0.05) is 27.5 Å². The molecule has 0 fully saturated rings. The second-order valence-corrected chi connectivity index (χ2v) is 4.24. The first-order valence-electron chi connectivity index (χ1n) is 3.52. The minimum atomic E-state index is -0.392. The highest BCUT2D eigenvalue weighted by atomic mass is 79.9. The lowest BCUT2D eigenvalue weighted by Gasteiger charge is -1.96. The highest BCUT2D eigenvalue weighted by molar-refractivity contribution is 9.08. The van der Waals surface area contributed by atoms with Crippen LogP contribution in [0.25, 0.3) is 10.1 Å². The summed E-state index contributed by atoms with van der Waals surface area (Å²) >= 11 is 10.4. The maximum Gasteiger partial charge on any atom is 0.142 e. The van der Waals surface area contributed by atoms with Gasteiger partial charge in [-0.05, 0) is 23.7 Å². The third-order valence-corrected chi connectivity index (χ3v) is 3.48. The molecule has 0 saturated carbocycles. The molecule has 0 spiro atoms. The molecule has 1 nitrogen and oxygen atoms in total. The van der Waals surface area contributed by atoms with Gasteiger partial charge in [0.25, 0.3) is 0 Å². The van der Waals surface area contributed by atoms with Crippen molar-refractivity contribution >= 4 is 49.1 Å². The number of aromatic nitrogens is 1. The Labute approximate surface area is 91.8 Å². The van der Waals surface area contributed by atoms with Crippen molar-refractivity contribution in [1.29, 1.82) is 0 Å². The van der Waals surface area contributed by atoms with Gasteiger partial charge >= 0.3 is 0 Å². The van der Waals surface area contributed by atoms with Gasteiger partial charge in [0.05, 0.1) is 15.4 Å². The average Bonchev–Trinajstić information content (AvgIpc) is 2.55. The van der Waals surface area contributed by atoms with Crippen LogP contribution in [0.4, 0.5) is 4.39 Å². The fourth-order valence-corrected chi connectivity index (χ4v) is 2.83. The van der Waals surface area contributed by atoms with Gasteiger partial charge in [-0.2, -0.15) is 4.37 Å². The minimum Gasteiger partial charge on any atom is -0.205 e. The van der Waals surface area contributed by atoms with E-state index in [-0.39, 0.29) is 5.02 Å². The van der Waals surface area contributed by atoms with Crippen molar-refractivity contribution in [3.05, 3.63) is 28.7 Å². The molecule has 2 aromatic rings. The van der Waals surface area contributed by atoms with E-state index in [1.807, 2.05) is 0 Å². The standard InChI is InChI=1S/C8H4BrClFNS/c9-3-5-7-6(13-12-5)2-1-4(11)8(7)10/h1-2H,3H2. The van der Waals surface area contributed by atoms with Gasteiger partial charge < -0.3 is 0 Å². The summed E-state index contributed by atoms with van der Waals surface area (Å²) < 4.78 is 18.1. The molecule has 13 heavy (non-hydrogen) atoms. The Morgan fingerprint density at radius 1 is 1.54 bits per heavy atom. The molecule has 0 amide bonds.